The van der Waals surface area contributed by atoms with Crippen LogP contribution in [0.2, 0.25) is 5.02 Å². The molecule has 0 bridgehead atoms. The highest BCUT2D eigenvalue weighted by atomic mass is 35.5. The van der Waals surface area contributed by atoms with Crippen LogP contribution in [0.5, 0.6) is 0 Å². The van der Waals surface area contributed by atoms with Gasteiger partial charge >= 0.3 is 0 Å². The van der Waals surface area contributed by atoms with E-state index in [0.717, 1.165) is 11.1 Å². The van der Waals surface area contributed by atoms with Crippen LogP contribution >= 0.6 is 11.6 Å². The summed E-state index contributed by atoms with van der Waals surface area (Å²) < 4.78 is 23.0. The van der Waals surface area contributed by atoms with Crippen molar-refractivity contribution in [2.45, 2.75) is 25.6 Å². The van der Waals surface area contributed by atoms with Crippen LogP contribution in [0, 0.1) is 0 Å². The molecule has 0 amide bonds. The lowest BCUT2D eigenvalue weighted by Crippen LogP contribution is -2.32. The molecule has 1 aromatic rings. The van der Waals surface area contributed by atoms with Crippen molar-refractivity contribution in [1.29, 1.82) is 0 Å². The Morgan fingerprint density at radius 3 is 2.74 bits per heavy atom. The Kier molecular flexibility index (Phi) is 4.50. The third-order valence-corrected chi connectivity index (χ3v) is 5.71. The van der Waals surface area contributed by atoms with Crippen LogP contribution in [0.3, 0.4) is 0 Å². The van der Waals surface area contributed by atoms with E-state index < -0.39 is 9.84 Å². The molecule has 6 heteroatoms. The Morgan fingerprint density at radius 2 is 2.21 bits per heavy atom. The van der Waals surface area contributed by atoms with Crippen molar-refractivity contribution in [3.05, 3.63) is 34.3 Å². The average Bonchev–Trinajstić information content (AvgIpc) is 2.72. The van der Waals surface area contributed by atoms with Gasteiger partial charge in [-0.3, -0.25) is 4.90 Å². The van der Waals surface area contributed by atoms with Gasteiger partial charge in [-0.2, -0.15) is 0 Å². The summed E-state index contributed by atoms with van der Waals surface area (Å²) in [6.07, 6.45) is 0.706. The maximum Gasteiger partial charge on any atom is 0.151 e. The monoisotopic (exact) mass is 302 g/mol. The molecule has 1 aliphatic heterocycles. The van der Waals surface area contributed by atoms with Crippen molar-refractivity contribution in [2.24, 2.45) is 5.73 Å². The highest BCUT2D eigenvalue weighted by Crippen LogP contribution is 2.23. The number of hydrogen-bond acceptors (Lipinski definition) is 4. The largest absolute Gasteiger partial charge is 0.326 e. The zero-order valence-electron chi connectivity index (χ0n) is 11.0. The van der Waals surface area contributed by atoms with Crippen molar-refractivity contribution in [1.82, 2.24) is 4.90 Å². The molecule has 0 spiro atoms. The van der Waals surface area contributed by atoms with Gasteiger partial charge in [0.15, 0.2) is 9.84 Å². The Morgan fingerprint density at radius 1 is 1.47 bits per heavy atom. The van der Waals surface area contributed by atoms with Crippen molar-refractivity contribution in [2.75, 3.05) is 18.6 Å². The van der Waals surface area contributed by atoms with Crippen LogP contribution < -0.4 is 5.73 Å². The van der Waals surface area contributed by atoms with E-state index in [1.54, 1.807) is 0 Å². The second-order valence-electron chi connectivity index (χ2n) is 5.10. The molecule has 0 aromatic heterocycles. The molecule has 4 nitrogen and oxygen atoms in total. The lowest BCUT2D eigenvalue weighted by atomic mass is 10.1. The standard InChI is InChI=1S/C13H19ClN2O2S/c1-16(12-4-5-19(17,18)9-12)8-11-3-2-10(7-15)6-13(11)14/h2-3,6,12H,4-5,7-9,15H2,1H3. The maximum atomic E-state index is 11.5. The highest BCUT2D eigenvalue weighted by molar-refractivity contribution is 7.91. The van der Waals surface area contributed by atoms with Gasteiger partial charge in [-0.15, -0.1) is 0 Å². The molecule has 1 unspecified atom stereocenters. The number of sulfone groups is 1. The summed E-state index contributed by atoms with van der Waals surface area (Å²) in [7, 11) is -0.902. The zero-order chi connectivity index (χ0) is 14.0. The first-order chi connectivity index (χ1) is 8.91. The number of hydrogen-bond donors (Lipinski definition) is 1. The normalized spacial score (nSPS) is 22.0. The predicted octanol–water partition coefficient (Wildman–Crippen LogP) is 1.42. The van der Waals surface area contributed by atoms with Gasteiger partial charge in [0.1, 0.15) is 0 Å². The van der Waals surface area contributed by atoms with E-state index in [-0.39, 0.29) is 11.8 Å². The molecule has 1 heterocycles. The zero-order valence-corrected chi connectivity index (χ0v) is 12.5. The van der Waals surface area contributed by atoms with Gasteiger partial charge in [0, 0.05) is 24.2 Å². The van der Waals surface area contributed by atoms with Crippen molar-refractivity contribution in [3.8, 4) is 0 Å². The summed E-state index contributed by atoms with van der Waals surface area (Å²) in [6.45, 7) is 1.13. The second-order valence-corrected chi connectivity index (χ2v) is 7.74. The molecule has 0 radical (unpaired) electrons. The fourth-order valence-corrected chi connectivity index (χ4v) is 4.43. The van der Waals surface area contributed by atoms with Crippen LogP contribution in [-0.4, -0.2) is 37.9 Å². The lowest BCUT2D eigenvalue weighted by Gasteiger charge is -2.23. The van der Waals surface area contributed by atoms with Crippen molar-refractivity contribution >= 4 is 21.4 Å². The maximum absolute atomic E-state index is 11.5. The number of benzene rings is 1. The molecule has 106 valence electrons. The molecule has 1 aliphatic rings. The quantitative estimate of drug-likeness (QED) is 0.913. The van der Waals surface area contributed by atoms with Crippen LogP contribution in [0.25, 0.3) is 0 Å². The number of rotatable bonds is 4. The Bertz CT molecular complexity index is 560. The van der Waals surface area contributed by atoms with E-state index in [4.69, 9.17) is 17.3 Å². The number of nitrogens with zero attached hydrogens (tertiary/aromatic N) is 1. The summed E-state index contributed by atoms with van der Waals surface area (Å²) in [6, 6.07) is 5.89. The van der Waals surface area contributed by atoms with E-state index in [2.05, 4.69) is 4.90 Å². The molecule has 1 fully saturated rings. The second kappa shape index (κ2) is 5.79. The summed E-state index contributed by atoms with van der Waals surface area (Å²) in [5.41, 5.74) is 7.57. The summed E-state index contributed by atoms with van der Waals surface area (Å²) in [5, 5.41) is 0.690. The molecular formula is C13H19ClN2O2S. The van der Waals surface area contributed by atoms with Crippen molar-refractivity contribution in [3.63, 3.8) is 0 Å². The third-order valence-electron chi connectivity index (χ3n) is 3.60. The van der Waals surface area contributed by atoms with Crippen LogP contribution in [0.4, 0.5) is 0 Å². The first-order valence-electron chi connectivity index (χ1n) is 6.29. The molecule has 1 aromatic carbocycles. The molecule has 1 atom stereocenters. The minimum atomic E-state index is -2.84. The molecule has 2 rings (SSSR count). The minimum Gasteiger partial charge on any atom is -0.326 e. The summed E-state index contributed by atoms with van der Waals surface area (Å²) in [5.74, 6) is 0.545. The fourth-order valence-electron chi connectivity index (χ4n) is 2.37. The van der Waals surface area contributed by atoms with E-state index in [0.29, 0.717) is 30.3 Å². The number of nitrogens with two attached hydrogens (primary N) is 1. The fraction of sp³-hybridized carbons (Fsp3) is 0.538. The van der Waals surface area contributed by atoms with Crippen LogP contribution in [0.1, 0.15) is 17.5 Å². The number of halogens is 1. The molecule has 19 heavy (non-hydrogen) atoms. The van der Waals surface area contributed by atoms with E-state index >= 15 is 0 Å². The molecule has 2 N–H and O–H groups in total. The highest BCUT2D eigenvalue weighted by Gasteiger charge is 2.30. The Balaban J connectivity index is 2.05. The van der Waals surface area contributed by atoms with E-state index in [1.807, 2.05) is 25.2 Å². The van der Waals surface area contributed by atoms with Gasteiger partial charge in [0.2, 0.25) is 0 Å². The molecule has 0 aliphatic carbocycles. The van der Waals surface area contributed by atoms with Gasteiger partial charge in [-0.25, -0.2) is 8.42 Å². The average molecular weight is 303 g/mol. The lowest BCUT2D eigenvalue weighted by molar-refractivity contribution is 0.254. The van der Waals surface area contributed by atoms with Gasteiger partial charge in [-0.1, -0.05) is 23.7 Å². The molecule has 1 saturated heterocycles. The molecule has 0 saturated carbocycles. The van der Waals surface area contributed by atoms with Gasteiger partial charge < -0.3 is 5.73 Å². The third kappa shape index (κ3) is 3.69. The topological polar surface area (TPSA) is 63.4 Å². The van der Waals surface area contributed by atoms with Crippen LogP contribution in [-0.2, 0) is 22.9 Å². The van der Waals surface area contributed by atoms with Crippen molar-refractivity contribution < 1.29 is 8.42 Å². The van der Waals surface area contributed by atoms with Gasteiger partial charge in [0.25, 0.3) is 0 Å². The Hall–Kier alpha value is -0.620. The SMILES string of the molecule is CN(Cc1ccc(CN)cc1Cl)C1CCS(=O)(=O)C1. The van der Waals surface area contributed by atoms with Gasteiger partial charge in [-0.05, 0) is 30.7 Å². The first kappa shape index (κ1) is 14.8. The van der Waals surface area contributed by atoms with E-state index in [9.17, 15) is 8.42 Å². The first-order valence-corrected chi connectivity index (χ1v) is 8.49. The smallest absolute Gasteiger partial charge is 0.151 e. The van der Waals surface area contributed by atoms with Gasteiger partial charge in [0.05, 0.1) is 11.5 Å². The summed E-state index contributed by atoms with van der Waals surface area (Å²) >= 11 is 6.21. The predicted molar refractivity (Wildman–Crippen MR) is 77.9 cm³/mol. The minimum absolute atomic E-state index is 0.0928. The molecular weight excluding hydrogens is 284 g/mol. The summed E-state index contributed by atoms with van der Waals surface area (Å²) in [4.78, 5) is 2.06. The van der Waals surface area contributed by atoms with Crippen LogP contribution in [0.15, 0.2) is 18.2 Å². The van der Waals surface area contributed by atoms with E-state index in [1.165, 1.54) is 0 Å². The Labute approximate surface area is 119 Å².